The van der Waals surface area contributed by atoms with Gasteiger partial charge in [-0.2, -0.15) is 0 Å². The van der Waals surface area contributed by atoms with E-state index in [1.807, 2.05) is 0 Å². The van der Waals surface area contributed by atoms with Crippen LogP contribution in [0.1, 0.15) is 47.0 Å². The highest BCUT2D eigenvalue weighted by Crippen LogP contribution is 2.19. The van der Waals surface area contributed by atoms with E-state index in [0.29, 0.717) is 0 Å². The van der Waals surface area contributed by atoms with Crippen LogP contribution in [0, 0.1) is 5.41 Å². The second-order valence-electron chi connectivity index (χ2n) is 5.51. The second kappa shape index (κ2) is 6.33. The molecule has 0 spiro atoms. The van der Waals surface area contributed by atoms with E-state index < -0.39 is 23.7 Å². The van der Waals surface area contributed by atoms with E-state index in [1.165, 1.54) is 0 Å². The van der Waals surface area contributed by atoms with Crippen molar-refractivity contribution in [1.29, 1.82) is 0 Å². The van der Waals surface area contributed by atoms with E-state index >= 15 is 0 Å². The van der Waals surface area contributed by atoms with E-state index in [2.05, 4.69) is 0 Å². The molecule has 0 aromatic carbocycles. The summed E-state index contributed by atoms with van der Waals surface area (Å²) in [5.74, 6) is -0.0238. The number of hydrogen-bond acceptors (Lipinski definition) is 4. The van der Waals surface area contributed by atoms with Crippen molar-refractivity contribution in [2.75, 3.05) is 0 Å². The van der Waals surface area contributed by atoms with Crippen molar-refractivity contribution in [3.05, 3.63) is 0 Å². The fourth-order valence-electron chi connectivity index (χ4n) is 1.41. The van der Waals surface area contributed by atoms with Crippen LogP contribution >= 0.6 is 0 Å². The van der Waals surface area contributed by atoms with Gasteiger partial charge in [0, 0.05) is 11.8 Å². The van der Waals surface area contributed by atoms with Gasteiger partial charge in [0.2, 0.25) is 0 Å². The fourth-order valence-corrected chi connectivity index (χ4v) is 1.41. The SMILES string of the molecule is CC(O)CC(O)CC(O)CC(=O)C(C)(C)C. The van der Waals surface area contributed by atoms with Gasteiger partial charge >= 0.3 is 0 Å². The van der Waals surface area contributed by atoms with Gasteiger partial charge in [-0.25, -0.2) is 0 Å². The molecular formula is C12H24O4. The van der Waals surface area contributed by atoms with Gasteiger partial charge in [0.1, 0.15) is 5.78 Å². The molecule has 16 heavy (non-hydrogen) atoms. The number of carbonyl (C=O) groups excluding carboxylic acids is 1. The van der Waals surface area contributed by atoms with E-state index in [9.17, 15) is 15.0 Å². The third-order valence-corrected chi connectivity index (χ3v) is 2.41. The summed E-state index contributed by atoms with van der Waals surface area (Å²) in [4.78, 5) is 11.6. The lowest BCUT2D eigenvalue weighted by Gasteiger charge is -2.21. The molecule has 0 heterocycles. The normalized spacial score (nSPS) is 17.9. The van der Waals surface area contributed by atoms with Gasteiger partial charge in [0.25, 0.3) is 0 Å². The zero-order valence-corrected chi connectivity index (χ0v) is 10.6. The molecule has 0 aromatic heterocycles. The lowest BCUT2D eigenvalue weighted by atomic mass is 9.86. The molecule has 0 aliphatic rings. The topological polar surface area (TPSA) is 77.8 Å². The Morgan fingerprint density at radius 2 is 1.56 bits per heavy atom. The minimum atomic E-state index is -0.833. The van der Waals surface area contributed by atoms with Crippen LogP contribution < -0.4 is 0 Å². The molecule has 0 fully saturated rings. The Morgan fingerprint density at radius 1 is 1.06 bits per heavy atom. The number of Topliss-reactive ketones (excluding diaryl/α,β-unsaturated/α-hetero) is 1. The molecule has 0 saturated carbocycles. The van der Waals surface area contributed by atoms with Crippen LogP contribution in [0.4, 0.5) is 0 Å². The first kappa shape index (κ1) is 15.6. The molecule has 0 radical (unpaired) electrons. The van der Waals surface area contributed by atoms with Crippen molar-refractivity contribution in [2.45, 2.75) is 65.3 Å². The number of rotatable bonds is 6. The standard InChI is InChI=1S/C12H24O4/c1-8(13)5-9(14)6-10(15)7-11(16)12(2,3)4/h8-10,13-15H,5-7H2,1-4H3. The van der Waals surface area contributed by atoms with Gasteiger partial charge in [-0.15, -0.1) is 0 Å². The molecule has 3 N–H and O–H groups in total. The highest BCUT2D eigenvalue weighted by molar-refractivity contribution is 5.83. The van der Waals surface area contributed by atoms with Crippen molar-refractivity contribution >= 4 is 5.78 Å². The average Bonchev–Trinajstić information content (AvgIpc) is 1.98. The first-order valence-corrected chi connectivity index (χ1v) is 5.70. The number of aliphatic hydroxyl groups excluding tert-OH is 3. The van der Waals surface area contributed by atoms with Crippen LogP contribution in [0.15, 0.2) is 0 Å². The molecule has 3 atom stereocenters. The van der Waals surface area contributed by atoms with Gasteiger partial charge in [-0.05, 0) is 19.8 Å². The third-order valence-electron chi connectivity index (χ3n) is 2.41. The summed E-state index contributed by atoms with van der Waals surface area (Å²) in [5.41, 5.74) is -0.462. The summed E-state index contributed by atoms with van der Waals surface area (Å²) in [7, 11) is 0. The Labute approximate surface area is 97.3 Å². The van der Waals surface area contributed by atoms with Crippen LogP contribution in [0.2, 0.25) is 0 Å². The van der Waals surface area contributed by atoms with Crippen molar-refractivity contribution in [2.24, 2.45) is 5.41 Å². The van der Waals surface area contributed by atoms with E-state index in [4.69, 9.17) is 5.11 Å². The van der Waals surface area contributed by atoms with E-state index in [0.717, 1.165) is 0 Å². The zero-order chi connectivity index (χ0) is 12.9. The molecule has 96 valence electrons. The maximum atomic E-state index is 11.6. The van der Waals surface area contributed by atoms with Crippen LogP contribution in [0.5, 0.6) is 0 Å². The van der Waals surface area contributed by atoms with Gasteiger partial charge in [-0.1, -0.05) is 20.8 Å². The van der Waals surface area contributed by atoms with Crippen LogP contribution in [-0.4, -0.2) is 39.4 Å². The van der Waals surface area contributed by atoms with Crippen molar-refractivity contribution in [3.8, 4) is 0 Å². The number of ketones is 1. The van der Waals surface area contributed by atoms with Gasteiger partial charge in [0.15, 0.2) is 0 Å². The maximum absolute atomic E-state index is 11.6. The largest absolute Gasteiger partial charge is 0.393 e. The maximum Gasteiger partial charge on any atom is 0.140 e. The predicted molar refractivity (Wildman–Crippen MR) is 62.0 cm³/mol. The minimum Gasteiger partial charge on any atom is -0.393 e. The predicted octanol–water partition coefficient (Wildman–Crippen LogP) is 0.874. The lowest BCUT2D eigenvalue weighted by molar-refractivity contribution is -0.128. The molecular weight excluding hydrogens is 208 g/mol. The fraction of sp³-hybridized carbons (Fsp3) is 0.917. The Balaban J connectivity index is 3.99. The summed E-state index contributed by atoms with van der Waals surface area (Å²) in [6.45, 7) is 6.98. The van der Waals surface area contributed by atoms with Gasteiger partial charge < -0.3 is 15.3 Å². The first-order valence-electron chi connectivity index (χ1n) is 5.70. The molecule has 4 heteroatoms. The van der Waals surface area contributed by atoms with Crippen molar-refractivity contribution < 1.29 is 20.1 Å². The Morgan fingerprint density at radius 3 is 1.94 bits per heavy atom. The van der Waals surface area contributed by atoms with Crippen LogP contribution in [0.3, 0.4) is 0 Å². The molecule has 0 aromatic rings. The Bertz CT molecular complexity index is 218. The first-order chi connectivity index (χ1) is 7.12. The third kappa shape index (κ3) is 6.93. The molecule has 4 nitrogen and oxygen atoms in total. The Kier molecular flexibility index (Phi) is 6.15. The Hall–Kier alpha value is -0.450. The number of carbonyl (C=O) groups is 1. The summed E-state index contributed by atoms with van der Waals surface area (Å²) in [5, 5.41) is 28.1. The molecule has 0 bridgehead atoms. The summed E-state index contributed by atoms with van der Waals surface area (Å²) < 4.78 is 0. The number of hydrogen-bond donors (Lipinski definition) is 3. The van der Waals surface area contributed by atoms with Crippen LogP contribution in [-0.2, 0) is 4.79 Å². The minimum absolute atomic E-state index is 0.0238. The summed E-state index contributed by atoms with van der Waals surface area (Å²) >= 11 is 0. The van der Waals surface area contributed by atoms with Gasteiger partial charge in [0.05, 0.1) is 18.3 Å². The molecule has 0 aliphatic carbocycles. The van der Waals surface area contributed by atoms with Crippen molar-refractivity contribution in [3.63, 3.8) is 0 Å². The monoisotopic (exact) mass is 232 g/mol. The molecule has 0 saturated heterocycles. The smallest absolute Gasteiger partial charge is 0.140 e. The highest BCUT2D eigenvalue weighted by Gasteiger charge is 2.25. The van der Waals surface area contributed by atoms with E-state index in [-0.39, 0.29) is 25.0 Å². The molecule has 3 unspecified atom stereocenters. The van der Waals surface area contributed by atoms with Gasteiger partial charge in [-0.3, -0.25) is 4.79 Å². The molecule has 0 aliphatic heterocycles. The van der Waals surface area contributed by atoms with E-state index in [1.54, 1.807) is 27.7 Å². The second-order valence-corrected chi connectivity index (χ2v) is 5.51. The lowest BCUT2D eigenvalue weighted by Crippen LogP contribution is -2.28. The molecule has 0 amide bonds. The van der Waals surface area contributed by atoms with Crippen LogP contribution in [0.25, 0.3) is 0 Å². The van der Waals surface area contributed by atoms with Crippen molar-refractivity contribution in [1.82, 2.24) is 0 Å². The quantitative estimate of drug-likeness (QED) is 0.635. The number of aliphatic hydroxyl groups is 3. The summed E-state index contributed by atoms with van der Waals surface area (Å²) in [6.07, 6.45) is -1.78. The molecule has 0 rings (SSSR count). The summed E-state index contributed by atoms with van der Waals surface area (Å²) in [6, 6.07) is 0. The zero-order valence-electron chi connectivity index (χ0n) is 10.6. The highest BCUT2D eigenvalue weighted by atomic mass is 16.3. The average molecular weight is 232 g/mol.